The number of piperidine rings is 1. The van der Waals surface area contributed by atoms with Crippen molar-refractivity contribution < 1.29 is 18.0 Å². The monoisotopic (exact) mass is 300 g/mol. The first-order chi connectivity index (χ1) is 9.86. The van der Waals surface area contributed by atoms with Crippen LogP contribution in [-0.2, 0) is 6.18 Å². The van der Waals surface area contributed by atoms with Gasteiger partial charge in [-0.3, -0.25) is 4.79 Å². The maximum Gasteiger partial charge on any atom is 0.417 e. The Kier molecular flexibility index (Phi) is 4.56. The van der Waals surface area contributed by atoms with Crippen molar-refractivity contribution in [3.63, 3.8) is 0 Å². The van der Waals surface area contributed by atoms with Crippen molar-refractivity contribution >= 4 is 5.91 Å². The Morgan fingerprint density at radius 3 is 2.67 bits per heavy atom. The van der Waals surface area contributed by atoms with E-state index < -0.39 is 17.6 Å². The highest BCUT2D eigenvalue weighted by Gasteiger charge is 2.38. The van der Waals surface area contributed by atoms with Gasteiger partial charge in [-0.25, -0.2) is 0 Å². The topological polar surface area (TPSA) is 46.3 Å². The van der Waals surface area contributed by atoms with Gasteiger partial charge in [0.2, 0.25) is 0 Å². The van der Waals surface area contributed by atoms with Gasteiger partial charge in [0.05, 0.1) is 11.1 Å². The number of carbonyl (C=O) groups is 1. The SMILES string of the molecule is CC1CCCN(C(=O)c2ccccc2C(F)(F)F)C1CN. The van der Waals surface area contributed by atoms with Gasteiger partial charge in [-0.15, -0.1) is 0 Å². The molecule has 1 saturated heterocycles. The van der Waals surface area contributed by atoms with E-state index in [1.165, 1.54) is 23.1 Å². The molecule has 1 aromatic carbocycles. The summed E-state index contributed by atoms with van der Waals surface area (Å²) in [5.41, 5.74) is 4.53. The van der Waals surface area contributed by atoms with E-state index >= 15 is 0 Å². The number of likely N-dealkylation sites (tertiary alicyclic amines) is 1. The molecule has 1 aliphatic rings. The van der Waals surface area contributed by atoms with Crippen LogP contribution in [0.5, 0.6) is 0 Å². The largest absolute Gasteiger partial charge is 0.417 e. The second kappa shape index (κ2) is 6.05. The quantitative estimate of drug-likeness (QED) is 0.913. The zero-order valence-electron chi connectivity index (χ0n) is 11.9. The predicted molar refractivity (Wildman–Crippen MR) is 73.7 cm³/mol. The minimum atomic E-state index is -4.54. The number of rotatable bonds is 2. The molecular formula is C15H19F3N2O. The number of halogens is 3. The smallest absolute Gasteiger partial charge is 0.334 e. The Morgan fingerprint density at radius 1 is 1.38 bits per heavy atom. The lowest BCUT2D eigenvalue weighted by Gasteiger charge is -2.39. The molecule has 21 heavy (non-hydrogen) atoms. The van der Waals surface area contributed by atoms with Crippen molar-refractivity contribution in [3.8, 4) is 0 Å². The third kappa shape index (κ3) is 3.20. The van der Waals surface area contributed by atoms with Gasteiger partial charge in [0.25, 0.3) is 5.91 Å². The molecule has 2 atom stereocenters. The molecule has 1 aromatic rings. The zero-order chi connectivity index (χ0) is 15.6. The third-order valence-corrected chi connectivity index (χ3v) is 4.08. The lowest BCUT2D eigenvalue weighted by Crippen LogP contribution is -2.51. The van der Waals surface area contributed by atoms with Crippen LogP contribution in [0.25, 0.3) is 0 Å². The number of hydrogen-bond acceptors (Lipinski definition) is 2. The maximum absolute atomic E-state index is 13.0. The van der Waals surface area contributed by atoms with E-state index in [1.54, 1.807) is 0 Å². The fraction of sp³-hybridized carbons (Fsp3) is 0.533. The maximum atomic E-state index is 13.0. The molecule has 1 amide bonds. The highest BCUT2D eigenvalue weighted by molar-refractivity contribution is 5.96. The van der Waals surface area contributed by atoms with Gasteiger partial charge < -0.3 is 10.6 Å². The minimum Gasteiger partial charge on any atom is -0.334 e. The van der Waals surface area contributed by atoms with E-state index in [-0.39, 0.29) is 24.1 Å². The van der Waals surface area contributed by atoms with Crippen molar-refractivity contribution in [2.24, 2.45) is 11.7 Å². The van der Waals surface area contributed by atoms with E-state index in [0.29, 0.717) is 6.54 Å². The Bertz CT molecular complexity index is 516. The van der Waals surface area contributed by atoms with E-state index in [9.17, 15) is 18.0 Å². The van der Waals surface area contributed by atoms with Crippen molar-refractivity contribution in [2.45, 2.75) is 32.0 Å². The highest BCUT2D eigenvalue weighted by Crippen LogP contribution is 2.33. The first-order valence-corrected chi connectivity index (χ1v) is 7.03. The van der Waals surface area contributed by atoms with E-state index in [4.69, 9.17) is 5.73 Å². The summed E-state index contributed by atoms with van der Waals surface area (Å²) in [5, 5.41) is 0. The molecule has 6 heteroatoms. The normalized spacial score (nSPS) is 23.2. The van der Waals surface area contributed by atoms with Gasteiger partial charge in [-0.05, 0) is 30.9 Å². The molecule has 0 bridgehead atoms. The summed E-state index contributed by atoms with van der Waals surface area (Å²) >= 11 is 0. The molecule has 1 fully saturated rings. The molecule has 0 radical (unpaired) electrons. The summed E-state index contributed by atoms with van der Waals surface area (Å²) in [5.74, 6) is -0.379. The van der Waals surface area contributed by atoms with E-state index in [0.717, 1.165) is 18.9 Å². The average molecular weight is 300 g/mol. The first kappa shape index (κ1) is 15.8. The second-order valence-electron chi connectivity index (χ2n) is 5.46. The molecular weight excluding hydrogens is 281 g/mol. The van der Waals surface area contributed by atoms with Gasteiger partial charge >= 0.3 is 6.18 Å². The first-order valence-electron chi connectivity index (χ1n) is 7.03. The van der Waals surface area contributed by atoms with Gasteiger partial charge in [0.1, 0.15) is 0 Å². The van der Waals surface area contributed by atoms with Gasteiger partial charge in [0.15, 0.2) is 0 Å². The predicted octanol–water partition coefficient (Wildman–Crippen LogP) is 2.90. The van der Waals surface area contributed by atoms with E-state index in [1.807, 2.05) is 6.92 Å². The highest BCUT2D eigenvalue weighted by atomic mass is 19.4. The number of nitrogens with two attached hydrogens (primary N) is 1. The van der Waals surface area contributed by atoms with Crippen LogP contribution in [0.4, 0.5) is 13.2 Å². The lowest BCUT2D eigenvalue weighted by molar-refractivity contribution is -0.138. The summed E-state index contributed by atoms with van der Waals surface area (Å²) in [4.78, 5) is 14.1. The number of amides is 1. The molecule has 116 valence electrons. The summed E-state index contributed by atoms with van der Waals surface area (Å²) < 4.78 is 39.1. The minimum absolute atomic E-state index is 0.200. The van der Waals surface area contributed by atoms with Crippen molar-refractivity contribution in [1.29, 1.82) is 0 Å². The van der Waals surface area contributed by atoms with Crippen molar-refractivity contribution in [1.82, 2.24) is 4.90 Å². The lowest BCUT2D eigenvalue weighted by atomic mass is 9.90. The van der Waals surface area contributed by atoms with Crippen LogP contribution in [0.2, 0.25) is 0 Å². The van der Waals surface area contributed by atoms with Crippen LogP contribution in [0.15, 0.2) is 24.3 Å². The van der Waals surface area contributed by atoms with Crippen molar-refractivity contribution in [3.05, 3.63) is 35.4 Å². The molecule has 1 aliphatic heterocycles. The van der Waals surface area contributed by atoms with Gasteiger partial charge in [-0.1, -0.05) is 19.1 Å². The summed E-state index contributed by atoms with van der Waals surface area (Å²) in [6.07, 6.45) is -2.81. The molecule has 2 unspecified atom stereocenters. The molecule has 3 nitrogen and oxygen atoms in total. The van der Waals surface area contributed by atoms with Crippen LogP contribution < -0.4 is 5.73 Å². The number of nitrogens with zero attached hydrogens (tertiary/aromatic N) is 1. The number of carbonyl (C=O) groups excluding carboxylic acids is 1. The molecule has 2 rings (SSSR count). The van der Waals surface area contributed by atoms with E-state index in [2.05, 4.69) is 0 Å². The van der Waals surface area contributed by atoms with Crippen LogP contribution in [-0.4, -0.2) is 29.9 Å². The molecule has 2 N–H and O–H groups in total. The third-order valence-electron chi connectivity index (χ3n) is 4.08. The molecule has 0 aliphatic carbocycles. The fourth-order valence-electron chi connectivity index (χ4n) is 2.93. The van der Waals surface area contributed by atoms with Crippen LogP contribution in [0.1, 0.15) is 35.7 Å². The molecule has 0 spiro atoms. The summed E-state index contributed by atoms with van der Waals surface area (Å²) in [7, 11) is 0. The molecule has 0 aromatic heterocycles. The number of hydrogen-bond donors (Lipinski definition) is 1. The van der Waals surface area contributed by atoms with Gasteiger partial charge in [0, 0.05) is 19.1 Å². The number of alkyl halides is 3. The molecule has 1 heterocycles. The average Bonchev–Trinajstić information content (AvgIpc) is 2.45. The van der Waals surface area contributed by atoms with Crippen molar-refractivity contribution in [2.75, 3.05) is 13.1 Å². The van der Waals surface area contributed by atoms with Crippen LogP contribution in [0.3, 0.4) is 0 Å². The Balaban J connectivity index is 2.36. The van der Waals surface area contributed by atoms with Crippen LogP contribution in [0, 0.1) is 5.92 Å². The second-order valence-corrected chi connectivity index (χ2v) is 5.46. The zero-order valence-corrected chi connectivity index (χ0v) is 11.9. The van der Waals surface area contributed by atoms with Gasteiger partial charge in [-0.2, -0.15) is 13.2 Å². The molecule has 0 saturated carbocycles. The Morgan fingerprint density at radius 2 is 2.05 bits per heavy atom. The Hall–Kier alpha value is -1.56. The number of benzene rings is 1. The fourth-order valence-corrected chi connectivity index (χ4v) is 2.93. The standard InChI is InChI=1S/C15H19F3N2O/c1-10-5-4-8-20(13(10)9-19)14(21)11-6-2-3-7-12(11)15(16,17)18/h2-3,6-7,10,13H,4-5,8-9,19H2,1H3. The summed E-state index contributed by atoms with van der Waals surface area (Å²) in [6, 6.07) is 4.72. The van der Waals surface area contributed by atoms with Crippen LogP contribution >= 0.6 is 0 Å². The summed E-state index contributed by atoms with van der Waals surface area (Å²) in [6.45, 7) is 2.70. The Labute approximate surface area is 121 Å².